The second-order valence-electron chi connectivity index (χ2n) is 3.29. The second-order valence-corrected chi connectivity index (χ2v) is 3.72. The number of aromatic nitrogens is 3. The highest BCUT2D eigenvalue weighted by molar-refractivity contribution is 6.31. The minimum absolute atomic E-state index is 0.204. The molecule has 4 nitrogen and oxygen atoms in total. The van der Waals surface area contributed by atoms with Crippen molar-refractivity contribution in [2.24, 2.45) is 0 Å². The standard InChI is InChI=1S/C10H6ClN3O/c11-7-1-2-8-6(3-7)4-9-10(15)13-12-5-14(8)9/h1-5H,(H,13,15). The molecule has 0 aliphatic heterocycles. The third-order valence-corrected chi connectivity index (χ3v) is 2.61. The molecule has 1 N–H and O–H groups in total. The van der Waals surface area contributed by atoms with Gasteiger partial charge in [-0.25, -0.2) is 5.10 Å². The lowest BCUT2D eigenvalue weighted by Gasteiger charge is -1.94. The van der Waals surface area contributed by atoms with Gasteiger partial charge >= 0.3 is 0 Å². The molecule has 15 heavy (non-hydrogen) atoms. The first-order chi connectivity index (χ1) is 7.25. The van der Waals surface area contributed by atoms with Gasteiger partial charge in [0.15, 0.2) is 0 Å². The van der Waals surface area contributed by atoms with Gasteiger partial charge in [0.1, 0.15) is 11.8 Å². The Bertz CT molecular complexity index is 713. The Morgan fingerprint density at radius 1 is 1.27 bits per heavy atom. The number of hydrogen-bond acceptors (Lipinski definition) is 2. The van der Waals surface area contributed by atoms with Crippen molar-refractivity contribution in [1.29, 1.82) is 0 Å². The molecule has 0 spiro atoms. The number of H-pyrrole nitrogens is 1. The van der Waals surface area contributed by atoms with E-state index in [-0.39, 0.29) is 5.56 Å². The Morgan fingerprint density at radius 3 is 3.00 bits per heavy atom. The molecule has 0 amide bonds. The van der Waals surface area contributed by atoms with Crippen LogP contribution in [0.5, 0.6) is 0 Å². The van der Waals surface area contributed by atoms with E-state index in [9.17, 15) is 4.79 Å². The molecular formula is C10H6ClN3O. The molecule has 0 atom stereocenters. The Balaban J connectivity index is 2.63. The van der Waals surface area contributed by atoms with Gasteiger partial charge in [0.25, 0.3) is 5.56 Å². The fourth-order valence-electron chi connectivity index (χ4n) is 1.71. The summed E-state index contributed by atoms with van der Waals surface area (Å²) >= 11 is 5.88. The number of nitrogens with one attached hydrogen (secondary N) is 1. The van der Waals surface area contributed by atoms with Gasteiger partial charge in [0, 0.05) is 10.4 Å². The van der Waals surface area contributed by atoms with Crippen molar-refractivity contribution in [3.63, 3.8) is 0 Å². The number of halogens is 1. The van der Waals surface area contributed by atoms with E-state index < -0.39 is 0 Å². The highest BCUT2D eigenvalue weighted by Gasteiger charge is 2.05. The SMILES string of the molecule is O=c1[nH]ncn2c1cc1cc(Cl)ccc12. The van der Waals surface area contributed by atoms with Crippen molar-refractivity contribution in [3.05, 3.63) is 46.0 Å². The van der Waals surface area contributed by atoms with Gasteiger partial charge in [0.2, 0.25) is 0 Å². The molecule has 0 radical (unpaired) electrons. The molecule has 0 aliphatic carbocycles. The van der Waals surface area contributed by atoms with Gasteiger partial charge in [-0.1, -0.05) is 11.6 Å². The first-order valence-electron chi connectivity index (χ1n) is 4.40. The van der Waals surface area contributed by atoms with Crippen LogP contribution in [0.25, 0.3) is 16.4 Å². The normalized spacial score (nSPS) is 11.3. The summed E-state index contributed by atoms with van der Waals surface area (Å²) in [5.74, 6) is 0. The molecule has 5 heteroatoms. The van der Waals surface area contributed by atoms with Crippen molar-refractivity contribution in [2.45, 2.75) is 0 Å². The van der Waals surface area contributed by atoms with Crippen molar-refractivity contribution in [3.8, 4) is 0 Å². The Hall–Kier alpha value is -1.81. The van der Waals surface area contributed by atoms with Gasteiger partial charge in [-0.15, -0.1) is 0 Å². The lowest BCUT2D eigenvalue weighted by Crippen LogP contribution is -2.09. The smallest absolute Gasteiger partial charge is 0.288 e. The summed E-state index contributed by atoms with van der Waals surface area (Å²) in [4.78, 5) is 11.5. The molecule has 74 valence electrons. The molecule has 0 bridgehead atoms. The van der Waals surface area contributed by atoms with Gasteiger partial charge in [-0.2, -0.15) is 5.10 Å². The average Bonchev–Trinajstić information content (AvgIpc) is 2.57. The number of nitrogens with zero attached hydrogens (tertiary/aromatic N) is 2. The molecule has 2 aromatic heterocycles. The zero-order valence-corrected chi connectivity index (χ0v) is 8.32. The van der Waals surface area contributed by atoms with Crippen LogP contribution in [-0.4, -0.2) is 14.6 Å². The number of hydrogen-bond donors (Lipinski definition) is 1. The van der Waals surface area contributed by atoms with E-state index >= 15 is 0 Å². The summed E-state index contributed by atoms with van der Waals surface area (Å²) in [6.07, 6.45) is 1.58. The third-order valence-electron chi connectivity index (χ3n) is 2.37. The van der Waals surface area contributed by atoms with Crippen molar-refractivity contribution in [2.75, 3.05) is 0 Å². The third kappa shape index (κ3) is 1.15. The maximum atomic E-state index is 11.5. The molecule has 2 heterocycles. The van der Waals surface area contributed by atoms with Crippen LogP contribution in [0, 0.1) is 0 Å². The summed E-state index contributed by atoms with van der Waals surface area (Å²) in [6, 6.07) is 7.27. The molecule has 1 aromatic carbocycles. The monoisotopic (exact) mass is 219 g/mol. The summed E-state index contributed by atoms with van der Waals surface area (Å²) in [5.41, 5.74) is 1.29. The molecule has 0 fully saturated rings. The van der Waals surface area contributed by atoms with Crippen LogP contribution in [0.3, 0.4) is 0 Å². The first-order valence-corrected chi connectivity index (χ1v) is 4.77. The minimum Gasteiger partial charge on any atom is -0.294 e. The van der Waals surface area contributed by atoms with Crippen LogP contribution >= 0.6 is 11.6 Å². The van der Waals surface area contributed by atoms with E-state index in [2.05, 4.69) is 10.2 Å². The zero-order chi connectivity index (χ0) is 10.4. The van der Waals surface area contributed by atoms with E-state index in [4.69, 9.17) is 11.6 Å². The van der Waals surface area contributed by atoms with E-state index in [1.54, 1.807) is 22.9 Å². The summed E-state index contributed by atoms with van der Waals surface area (Å²) in [6.45, 7) is 0. The van der Waals surface area contributed by atoms with E-state index in [0.29, 0.717) is 10.5 Å². The topological polar surface area (TPSA) is 50.2 Å². The number of rotatable bonds is 0. The predicted molar refractivity (Wildman–Crippen MR) is 58.3 cm³/mol. The first kappa shape index (κ1) is 8.49. The molecule has 3 rings (SSSR count). The molecular weight excluding hydrogens is 214 g/mol. The Kier molecular flexibility index (Phi) is 1.61. The van der Waals surface area contributed by atoms with Gasteiger partial charge in [0.05, 0.1) is 5.52 Å². The molecule has 0 unspecified atom stereocenters. The average molecular weight is 220 g/mol. The van der Waals surface area contributed by atoms with Crippen molar-refractivity contribution in [1.82, 2.24) is 14.6 Å². The number of benzene rings is 1. The lowest BCUT2D eigenvalue weighted by molar-refractivity contribution is 0.931. The van der Waals surface area contributed by atoms with Gasteiger partial charge in [-0.05, 0) is 24.3 Å². The fourth-order valence-corrected chi connectivity index (χ4v) is 1.89. The van der Waals surface area contributed by atoms with Crippen LogP contribution in [0.1, 0.15) is 0 Å². The predicted octanol–water partition coefficient (Wildman–Crippen LogP) is 1.83. The van der Waals surface area contributed by atoms with Gasteiger partial charge < -0.3 is 0 Å². The summed E-state index contributed by atoms with van der Waals surface area (Å²) < 4.78 is 1.74. The maximum absolute atomic E-state index is 11.5. The number of fused-ring (bicyclic) bond motifs is 3. The molecule has 0 saturated carbocycles. The zero-order valence-electron chi connectivity index (χ0n) is 7.57. The van der Waals surface area contributed by atoms with E-state index in [1.807, 2.05) is 12.1 Å². The summed E-state index contributed by atoms with van der Waals surface area (Å²) in [5, 5.41) is 7.73. The second kappa shape index (κ2) is 2.84. The lowest BCUT2D eigenvalue weighted by atomic mass is 10.2. The summed E-state index contributed by atoms with van der Waals surface area (Å²) in [7, 11) is 0. The van der Waals surface area contributed by atoms with Gasteiger partial charge in [-0.3, -0.25) is 9.20 Å². The molecule has 0 saturated heterocycles. The van der Waals surface area contributed by atoms with Crippen LogP contribution in [0.2, 0.25) is 5.02 Å². The molecule has 3 aromatic rings. The van der Waals surface area contributed by atoms with Crippen molar-refractivity contribution < 1.29 is 0 Å². The van der Waals surface area contributed by atoms with Crippen LogP contribution in [-0.2, 0) is 0 Å². The quantitative estimate of drug-likeness (QED) is 0.627. The van der Waals surface area contributed by atoms with Crippen LogP contribution in [0.4, 0.5) is 0 Å². The molecule has 0 aliphatic rings. The fraction of sp³-hybridized carbons (Fsp3) is 0. The van der Waals surface area contributed by atoms with Crippen LogP contribution < -0.4 is 5.56 Å². The number of aromatic amines is 1. The Morgan fingerprint density at radius 2 is 2.13 bits per heavy atom. The highest BCUT2D eigenvalue weighted by atomic mass is 35.5. The highest BCUT2D eigenvalue weighted by Crippen LogP contribution is 2.21. The van der Waals surface area contributed by atoms with Crippen LogP contribution in [0.15, 0.2) is 35.4 Å². The van der Waals surface area contributed by atoms with E-state index in [1.165, 1.54) is 0 Å². The Labute approximate surface area is 89.1 Å². The van der Waals surface area contributed by atoms with E-state index in [0.717, 1.165) is 10.9 Å². The van der Waals surface area contributed by atoms with Crippen molar-refractivity contribution >= 4 is 28.0 Å². The minimum atomic E-state index is -0.204. The maximum Gasteiger partial charge on any atom is 0.288 e. The largest absolute Gasteiger partial charge is 0.294 e.